The number of aryl methyl sites for hydroxylation is 2. The molecule has 0 amide bonds. The third-order valence-corrected chi connectivity index (χ3v) is 3.42. The molecule has 1 heterocycles. The van der Waals surface area contributed by atoms with E-state index in [4.69, 9.17) is 9.47 Å². The third-order valence-electron chi connectivity index (χ3n) is 3.42. The first-order valence-electron chi connectivity index (χ1n) is 7.29. The number of nitrogens with zero attached hydrogens (tertiary/aromatic N) is 3. The van der Waals surface area contributed by atoms with Crippen molar-refractivity contribution in [3.63, 3.8) is 0 Å². The number of rotatable bonds is 7. The minimum absolute atomic E-state index is 0.706. The molecule has 2 aromatic rings. The Bertz CT molecular complexity index is 593. The van der Waals surface area contributed by atoms with Gasteiger partial charge in [0.2, 0.25) is 0 Å². The maximum absolute atomic E-state index is 5.45. The molecule has 0 aliphatic heterocycles. The van der Waals surface area contributed by atoms with Gasteiger partial charge >= 0.3 is 0 Å². The van der Waals surface area contributed by atoms with Crippen LogP contribution in [-0.4, -0.2) is 29.0 Å². The molecule has 0 aliphatic rings. The van der Waals surface area contributed by atoms with Crippen molar-refractivity contribution in [3.05, 3.63) is 35.4 Å². The lowest BCUT2D eigenvalue weighted by atomic mass is 10.1. The van der Waals surface area contributed by atoms with Crippen molar-refractivity contribution in [2.75, 3.05) is 14.2 Å². The van der Waals surface area contributed by atoms with Crippen molar-refractivity contribution in [1.82, 2.24) is 14.8 Å². The van der Waals surface area contributed by atoms with Crippen molar-refractivity contribution in [2.24, 2.45) is 0 Å². The zero-order valence-electron chi connectivity index (χ0n) is 13.2. The Labute approximate surface area is 125 Å². The van der Waals surface area contributed by atoms with E-state index in [-0.39, 0.29) is 0 Å². The molecule has 0 aliphatic carbocycles. The first-order chi connectivity index (χ1) is 10.2. The third kappa shape index (κ3) is 3.74. The summed E-state index contributed by atoms with van der Waals surface area (Å²) in [5.41, 5.74) is 1.09. The average Bonchev–Trinajstić information content (AvgIpc) is 2.85. The van der Waals surface area contributed by atoms with E-state index in [9.17, 15) is 0 Å². The first kappa shape index (κ1) is 15.4. The molecule has 0 saturated carbocycles. The maximum atomic E-state index is 5.45. The normalized spacial score (nSPS) is 10.7. The fraction of sp³-hybridized carbons (Fsp3) is 0.500. The molecule has 21 heavy (non-hydrogen) atoms. The predicted octanol–water partition coefficient (Wildman–Crippen LogP) is 2.99. The van der Waals surface area contributed by atoms with Crippen LogP contribution in [0.25, 0.3) is 0 Å². The Morgan fingerprint density at radius 3 is 2.67 bits per heavy atom. The lowest BCUT2D eigenvalue weighted by molar-refractivity contribution is 0.391. The molecular weight excluding hydrogens is 266 g/mol. The highest BCUT2D eigenvalue weighted by Crippen LogP contribution is 2.26. The van der Waals surface area contributed by atoms with Gasteiger partial charge in [-0.05, 0) is 19.4 Å². The zero-order chi connectivity index (χ0) is 15.2. The highest BCUT2D eigenvalue weighted by atomic mass is 16.5. The van der Waals surface area contributed by atoms with Gasteiger partial charge in [-0.15, -0.1) is 0 Å². The quantitative estimate of drug-likeness (QED) is 0.786. The van der Waals surface area contributed by atoms with E-state index in [0.29, 0.717) is 6.42 Å². The van der Waals surface area contributed by atoms with Crippen LogP contribution in [0, 0.1) is 6.92 Å². The lowest BCUT2D eigenvalue weighted by Gasteiger charge is -2.11. The summed E-state index contributed by atoms with van der Waals surface area (Å²) < 4.78 is 12.7. The highest BCUT2D eigenvalue weighted by molar-refractivity contribution is 5.42. The Hall–Kier alpha value is -2.04. The van der Waals surface area contributed by atoms with E-state index in [1.54, 1.807) is 14.2 Å². The second-order valence-corrected chi connectivity index (χ2v) is 5.01. The predicted molar refractivity (Wildman–Crippen MR) is 82.0 cm³/mol. The maximum Gasteiger partial charge on any atom is 0.147 e. The van der Waals surface area contributed by atoms with Gasteiger partial charge in [0.15, 0.2) is 0 Å². The molecule has 0 fully saturated rings. The van der Waals surface area contributed by atoms with Crippen molar-refractivity contribution in [3.8, 4) is 11.5 Å². The molecule has 2 rings (SSSR count). The Morgan fingerprint density at radius 1 is 1.19 bits per heavy atom. The van der Waals surface area contributed by atoms with Gasteiger partial charge in [0, 0.05) is 24.6 Å². The van der Waals surface area contributed by atoms with Crippen LogP contribution in [0.1, 0.15) is 37.0 Å². The van der Waals surface area contributed by atoms with Crippen molar-refractivity contribution in [2.45, 2.75) is 39.7 Å². The van der Waals surface area contributed by atoms with E-state index in [1.165, 1.54) is 0 Å². The molecule has 0 atom stereocenters. The molecule has 0 unspecified atom stereocenters. The number of hydrogen-bond donors (Lipinski definition) is 0. The van der Waals surface area contributed by atoms with Crippen molar-refractivity contribution >= 4 is 0 Å². The van der Waals surface area contributed by atoms with E-state index in [1.807, 2.05) is 29.8 Å². The van der Waals surface area contributed by atoms with Crippen LogP contribution in [-0.2, 0) is 13.0 Å². The van der Waals surface area contributed by atoms with E-state index >= 15 is 0 Å². The van der Waals surface area contributed by atoms with Gasteiger partial charge in [-0.1, -0.05) is 19.4 Å². The Morgan fingerprint density at radius 2 is 2.00 bits per heavy atom. The van der Waals surface area contributed by atoms with Crippen LogP contribution in [0.15, 0.2) is 18.2 Å². The number of aromatic nitrogens is 3. The minimum atomic E-state index is 0.706. The summed E-state index contributed by atoms with van der Waals surface area (Å²) in [6, 6.07) is 5.86. The van der Waals surface area contributed by atoms with E-state index in [2.05, 4.69) is 17.0 Å². The van der Waals surface area contributed by atoms with E-state index in [0.717, 1.165) is 48.1 Å². The fourth-order valence-corrected chi connectivity index (χ4v) is 2.29. The number of unbranched alkanes of at least 4 members (excludes halogenated alkanes) is 1. The van der Waals surface area contributed by atoms with Crippen molar-refractivity contribution < 1.29 is 9.47 Å². The van der Waals surface area contributed by atoms with Gasteiger partial charge in [0.25, 0.3) is 0 Å². The summed E-state index contributed by atoms with van der Waals surface area (Å²) >= 11 is 0. The Balaban J connectivity index is 2.25. The standard InChI is InChI=1S/C16H23N3O2/c1-5-6-9-19-16(17-12(2)18-19)10-13-7-8-14(20-3)11-15(13)21-4/h7-8,11H,5-6,9-10H2,1-4H3. The molecule has 0 radical (unpaired) electrons. The van der Waals surface area contributed by atoms with Crippen LogP contribution in [0.5, 0.6) is 11.5 Å². The van der Waals surface area contributed by atoms with Gasteiger partial charge in [-0.25, -0.2) is 9.67 Å². The van der Waals surface area contributed by atoms with Gasteiger partial charge in [-0.3, -0.25) is 0 Å². The Kier molecular flexibility index (Phi) is 5.20. The summed E-state index contributed by atoms with van der Waals surface area (Å²) in [5.74, 6) is 3.40. The molecule has 0 N–H and O–H groups in total. The summed E-state index contributed by atoms with van der Waals surface area (Å²) in [6.07, 6.45) is 2.96. The van der Waals surface area contributed by atoms with Crippen LogP contribution >= 0.6 is 0 Å². The van der Waals surface area contributed by atoms with Gasteiger partial charge < -0.3 is 9.47 Å². The molecule has 1 aromatic heterocycles. The minimum Gasteiger partial charge on any atom is -0.497 e. The van der Waals surface area contributed by atoms with Crippen LogP contribution in [0.4, 0.5) is 0 Å². The molecule has 114 valence electrons. The second kappa shape index (κ2) is 7.11. The van der Waals surface area contributed by atoms with Gasteiger partial charge in [0.05, 0.1) is 14.2 Å². The number of ether oxygens (including phenoxy) is 2. The lowest BCUT2D eigenvalue weighted by Crippen LogP contribution is -2.07. The van der Waals surface area contributed by atoms with Crippen molar-refractivity contribution in [1.29, 1.82) is 0 Å². The van der Waals surface area contributed by atoms with Crippen LogP contribution in [0.3, 0.4) is 0 Å². The van der Waals surface area contributed by atoms with Gasteiger partial charge in [0.1, 0.15) is 23.1 Å². The average molecular weight is 289 g/mol. The summed E-state index contributed by atoms with van der Waals surface area (Å²) in [5, 5.41) is 4.47. The molecule has 0 bridgehead atoms. The largest absolute Gasteiger partial charge is 0.497 e. The van der Waals surface area contributed by atoms with Crippen LogP contribution in [0.2, 0.25) is 0 Å². The molecular formula is C16H23N3O2. The zero-order valence-corrected chi connectivity index (χ0v) is 13.2. The summed E-state index contributed by atoms with van der Waals surface area (Å²) in [7, 11) is 3.32. The first-order valence-corrected chi connectivity index (χ1v) is 7.29. The molecule has 5 nitrogen and oxygen atoms in total. The smallest absolute Gasteiger partial charge is 0.147 e. The van der Waals surface area contributed by atoms with Crippen LogP contribution < -0.4 is 9.47 Å². The number of benzene rings is 1. The molecule has 1 aromatic carbocycles. The van der Waals surface area contributed by atoms with Gasteiger partial charge in [-0.2, -0.15) is 5.10 Å². The number of methoxy groups -OCH3 is 2. The number of hydrogen-bond acceptors (Lipinski definition) is 4. The topological polar surface area (TPSA) is 49.2 Å². The monoisotopic (exact) mass is 289 g/mol. The highest BCUT2D eigenvalue weighted by Gasteiger charge is 2.12. The summed E-state index contributed by atoms with van der Waals surface area (Å²) in [6.45, 7) is 5.01. The second-order valence-electron chi connectivity index (χ2n) is 5.01. The molecule has 0 spiro atoms. The van der Waals surface area contributed by atoms with E-state index < -0.39 is 0 Å². The summed E-state index contributed by atoms with van der Waals surface area (Å²) in [4.78, 5) is 4.54. The molecule has 5 heteroatoms. The molecule has 0 saturated heterocycles. The SMILES string of the molecule is CCCCn1nc(C)nc1Cc1ccc(OC)cc1OC. The fourth-order valence-electron chi connectivity index (χ4n) is 2.29.